The molecule has 0 amide bonds. The molecule has 0 unspecified atom stereocenters. The number of nitrogens with two attached hydrogens (primary N) is 1. The fourth-order valence-corrected chi connectivity index (χ4v) is 3.66. The molecule has 1 saturated carbocycles. The summed E-state index contributed by atoms with van der Waals surface area (Å²) < 4.78 is 28.7. The number of aromatic nitrogens is 1. The Hall–Kier alpha value is -0.850. The number of nitrogens with one attached hydrogen (secondary N) is 1. The maximum absolute atomic E-state index is 12.1. The normalized spacial score (nSPS) is 17.8. The molecule has 2 rings (SSSR count). The van der Waals surface area contributed by atoms with E-state index in [4.69, 9.17) is 5.73 Å². The summed E-state index contributed by atoms with van der Waals surface area (Å²) in [6.07, 6.45) is 5.71. The van der Waals surface area contributed by atoms with Gasteiger partial charge in [0, 0.05) is 31.5 Å². The Morgan fingerprint density at radius 2 is 2.12 bits per heavy atom. The molecule has 0 saturated heterocycles. The van der Waals surface area contributed by atoms with Crippen molar-refractivity contribution in [2.24, 2.45) is 12.8 Å². The zero-order valence-electron chi connectivity index (χ0n) is 10.0. The third-order valence-electron chi connectivity index (χ3n) is 3.28. The van der Waals surface area contributed by atoms with Crippen LogP contribution in [0.25, 0.3) is 0 Å². The van der Waals surface area contributed by atoms with Gasteiger partial charge in [-0.2, -0.15) is 0 Å². The standard InChI is InChI=1S/C11H19N3O2S/c1-14-8-11(6-10(14)7-12)17(15,16)13-9-4-2-3-5-9/h6,8-9,13H,2-5,7,12H2,1H3. The molecule has 0 bridgehead atoms. The number of nitrogens with zero attached hydrogens (tertiary/aromatic N) is 1. The highest BCUT2D eigenvalue weighted by Crippen LogP contribution is 2.21. The summed E-state index contributed by atoms with van der Waals surface area (Å²) in [5.74, 6) is 0. The lowest BCUT2D eigenvalue weighted by atomic mass is 10.3. The predicted molar refractivity (Wildman–Crippen MR) is 65.9 cm³/mol. The Kier molecular flexibility index (Phi) is 3.56. The maximum atomic E-state index is 12.1. The summed E-state index contributed by atoms with van der Waals surface area (Å²) in [7, 11) is -1.58. The van der Waals surface area contributed by atoms with Gasteiger partial charge in [0.1, 0.15) is 0 Å². The zero-order valence-corrected chi connectivity index (χ0v) is 10.8. The van der Waals surface area contributed by atoms with E-state index in [0.717, 1.165) is 31.4 Å². The first-order valence-corrected chi connectivity index (χ1v) is 7.39. The van der Waals surface area contributed by atoms with Crippen LogP contribution in [0.5, 0.6) is 0 Å². The molecular weight excluding hydrogens is 238 g/mol. The van der Waals surface area contributed by atoms with Gasteiger partial charge < -0.3 is 10.3 Å². The number of sulfonamides is 1. The Labute approximate surface area is 102 Å². The molecule has 6 heteroatoms. The Bertz CT molecular complexity index is 487. The highest BCUT2D eigenvalue weighted by molar-refractivity contribution is 7.89. The number of hydrogen-bond donors (Lipinski definition) is 2. The number of hydrogen-bond acceptors (Lipinski definition) is 3. The van der Waals surface area contributed by atoms with E-state index in [1.807, 2.05) is 0 Å². The topological polar surface area (TPSA) is 77.1 Å². The summed E-state index contributed by atoms with van der Waals surface area (Å²) in [6, 6.07) is 1.73. The third-order valence-corrected chi connectivity index (χ3v) is 4.77. The third kappa shape index (κ3) is 2.70. The van der Waals surface area contributed by atoms with Gasteiger partial charge in [-0.25, -0.2) is 13.1 Å². The Morgan fingerprint density at radius 1 is 1.47 bits per heavy atom. The summed E-state index contributed by atoms with van der Waals surface area (Å²) in [4.78, 5) is 0.312. The second-order valence-electron chi connectivity index (χ2n) is 4.58. The summed E-state index contributed by atoms with van der Waals surface area (Å²) in [6.45, 7) is 0.343. The minimum absolute atomic E-state index is 0.0986. The van der Waals surface area contributed by atoms with Crippen LogP contribution in [0.2, 0.25) is 0 Å². The first-order valence-electron chi connectivity index (χ1n) is 5.90. The number of aryl methyl sites for hydroxylation is 1. The van der Waals surface area contributed by atoms with Gasteiger partial charge in [0.05, 0.1) is 4.90 Å². The van der Waals surface area contributed by atoms with Crippen molar-refractivity contribution < 1.29 is 8.42 Å². The Balaban J connectivity index is 2.18. The van der Waals surface area contributed by atoms with Crippen LogP contribution in [0.1, 0.15) is 31.4 Å². The van der Waals surface area contributed by atoms with Gasteiger partial charge in [-0.1, -0.05) is 12.8 Å². The van der Waals surface area contributed by atoms with E-state index in [1.54, 1.807) is 23.9 Å². The molecule has 1 aliphatic rings. The fraction of sp³-hybridized carbons (Fsp3) is 0.636. The van der Waals surface area contributed by atoms with Crippen molar-refractivity contribution >= 4 is 10.0 Å². The molecular formula is C11H19N3O2S. The number of rotatable bonds is 4. The van der Waals surface area contributed by atoms with Crippen molar-refractivity contribution in [3.8, 4) is 0 Å². The summed E-state index contributed by atoms with van der Waals surface area (Å²) >= 11 is 0. The van der Waals surface area contributed by atoms with Gasteiger partial charge in [-0.15, -0.1) is 0 Å². The molecule has 1 heterocycles. The van der Waals surface area contributed by atoms with E-state index in [-0.39, 0.29) is 6.04 Å². The van der Waals surface area contributed by atoms with E-state index in [1.165, 1.54) is 0 Å². The molecule has 0 aromatic carbocycles. The van der Waals surface area contributed by atoms with E-state index in [9.17, 15) is 8.42 Å². The molecule has 0 aliphatic heterocycles. The van der Waals surface area contributed by atoms with Gasteiger partial charge in [0.2, 0.25) is 10.0 Å². The van der Waals surface area contributed by atoms with E-state index in [0.29, 0.717) is 11.4 Å². The smallest absolute Gasteiger partial charge is 0.242 e. The molecule has 0 radical (unpaired) electrons. The quantitative estimate of drug-likeness (QED) is 0.833. The van der Waals surface area contributed by atoms with Crippen LogP contribution in [0.3, 0.4) is 0 Å². The minimum atomic E-state index is -3.38. The van der Waals surface area contributed by atoms with Crippen molar-refractivity contribution in [2.75, 3.05) is 0 Å². The van der Waals surface area contributed by atoms with Crippen LogP contribution in [-0.2, 0) is 23.6 Å². The average molecular weight is 257 g/mol. The van der Waals surface area contributed by atoms with Crippen LogP contribution in [0, 0.1) is 0 Å². The van der Waals surface area contributed by atoms with Gasteiger partial charge in [-0.3, -0.25) is 0 Å². The lowest BCUT2D eigenvalue weighted by Crippen LogP contribution is -2.32. The van der Waals surface area contributed by atoms with Crippen molar-refractivity contribution in [2.45, 2.75) is 43.2 Å². The lowest BCUT2D eigenvalue weighted by molar-refractivity contribution is 0.552. The van der Waals surface area contributed by atoms with Gasteiger partial charge in [0.25, 0.3) is 0 Å². The molecule has 0 spiro atoms. The summed E-state index contributed by atoms with van der Waals surface area (Å²) in [5.41, 5.74) is 6.35. The van der Waals surface area contributed by atoms with Crippen LogP contribution < -0.4 is 10.5 Å². The van der Waals surface area contributed by atoms with Crippen LogP contribution >= 0.6 is 0 Å². The maximum Gasteiger partial charge on any atom is 0.242 e. The second kappa shape index (κ2) is 4.80. The van der Waals surface area contributed by atoms with Crippen molar-refractivity contribution in [3.63, 3.8) is 0 Å². The SMILES string of the molecule is Cn1cc(S(=O)(=O)NC2CCCC2)cc1CN. The zero-order chi connectivity index (χ0) is 12.5. The second-order valence-corrected chi connectivity index (χ2v) is 6.30. The minimum Gasteiger partial charge on any atom is -0.352 e. The monoisotopic (exact) mass is 257 g/mol. The Morgan fingerprint density at radius 3 is 2.65 bits per heavy atom. The average Bonchev–Trinajstić information content (AvgIpc) is 2.87. The van der Waals surface area contributed by atoms with E-state index < -0.39 is 10.0 Å². The van der Waals surface area contributed by atoms with E-state index in [2.05, 4.69) is 4.72 Å². The molecule has 0 atom stereocenters. The predicted octanol–water partition coefficient (Wildman–Crippen LogP) is 0.705. The van der Waals surface area contributed by atoms with Crippen molar-refractivity contribution in [3.05, 3.63) is 18.0 Å². The van der Waals surface area contributed by atoms with Crippen molar-refractivity contribution in [1.82, 2.24) is 9.29 Å². The molecule has 1 aromatic rings. The highest BCUT2D eigenvalue weighted by atomic mass is 32.2. The van der Waals surface area contributed by atoms with Crippen LogP contribution in [-0.4, -0.2) is 19.0 Å². The molecule has 1 aromatic heterocycles. The van der Waals surface area contributed by atoms with Gasteiger partial charge in [-0.05, 0) is 18.9 Å². The molecule has 3 N–H and O–H groups in total. The molecule has 96 valence electrons. The summed E-state index contributed by atoms with van der Waals surface area (Å²) in [5, 5.41) is 0. The van der Waals surface area contributed by atoms with Crippen molar-refractivity contribution in [1.29, 1.82) is 0 Å². The fourth-order valence-electron chi connectivity index (χ4n) is 2.26. The molecule has 1 fully saturated rings. The van der Waals surface area contributed by atoms with Crippen LogP contribution in [0.15, 0.2) is 17.2 Å². The first kappa shape index (κ1) is 12.6. The lowest BCUT2D eigenvalue weighted by Gasteiger charge is -2.10. The first-order chi connectivity index (χ1) is 8.03. The van der Waals surface area contributed by atoms with Gasteiger partial charge in [0.15, 0.2) is 0 Å². The van der Waals surface area contributed by atoms with Crippen LogP contribution in [0.4, 0.5) is 0 Å². The largest absolute Gasteiger partial charge is 0.352 e. The van der Waals surface area contributed by atoms with E-state index >= 15 is 0 Å². The molecule has 17 heavy (non-hydrogen) atoms. The molecule has 1 aliphatic carbocycles. The van der Waals surface area contributed by atoms with Gasteiger partial charge >= 0.3 is 0 Å². The highest BCUT2D eigenvalue weighted by Gasteiger charge is 2.24. The molecule has 5 nitrogen and oxygen atoms in total.